The molecule has 0 spiro atoms. The third-order valence-corrected chi connectivity index (χ3v) is 3.74. The first-order chi connectivity index (χ1) is 9.13. The highest BCUT2D eigenvalue weighted by Gasteiger charge is 2.10. The predicted molar refractivity (Wildman–Crippen MR) is 81.7 cm³/mol. The van der Waals surface area contributed by atoms with Gasteiger partial charge in [-0.25, -0.2) is 4.39 Å². The van der Waals surface area contributed by atoms with Gasteiger partial charge >= 0.3 is 0 Å². The lowest BCUT2D eigenvalue weighted by molar-refractivity contribution is 0.624. The van der Waals surface area contributed by atoms with Crippen LogP contribution < -0.4 is 5.32 Å². The van der Waals surface area contributed by atoms with Crippen molar-refractivity contribution < 1.29 is 4.39 Å². The van der Waals surface area contributed by atoms with Gasteiger partial charge in [-0.1, -0.05) is 31.2 Å². The molecular weight excluding hydrogens is 305 g/mol. The number of hydrogen-bond acceptors (Lipinski definition) is 1. The molecule has 1 N–H and O–H groups in total. The van der Waals surface area contributed by atoms with Crippen LogP contribution in [0.4, 0.5) is 4.39 Å². The second-order valence-corrected chi connectivity index (χ2v) is 5.39. The zero-order valence-corrected chi connectivity index (χ0v) is 12.7. The Bertz CT molecular complexity index is 581. The maximum atomic E-state index is 14.2. The molecule has 0 aliphatic heterocycles. The summed E-state index contributed by atoms with van der Waals surface area (Å²) in [5.74, 6) is -0.203. The molecule has 3 heteroatoms. The zero-order chi connectivity index (χ0) is 13.8. The van der Waals surface area contributed by atoms with Crippen LogP contribution in [0.2, 0.25) is 0 Å². The molecular formula is C16H17BrFN. The first kappa shape index (κ1) is 14.2. The minimum atomic E-state index is -0.203. The van der Waals surface area contributed by atoms with Crippen molar-refractivity contribution >= 4 is 15.9 Å². The minimum absolute atomic E-state index is 0.203. The van der Waals surface area contributed by atoms with Crippen LogP contribution in [0.5, 0.6) is 0 Å². The number of benzene rings is 2. The third kappa shape index (κ3) is 3.23. The minimum Gasteiger partial charge on any atom is -0.313 e. The lowest BCUT2D eigenvalue weighted by Crippen LogP contribution is -2.11. The number of aryl methyl sites for hydroxylation is 1. The van der Waals surface area contributed by atoms with E-state index in [0.717, 1.165) is 24.2 Å². The van der Waals surface area contributed by atoms with Crippen LogP contribution >= 0.6 is 15.9 Å². The van der Waals surface area contributed by atoms with Gasteiger partial charge in [-0.05, 0) is 58.2 Å². The molecule has 1 nitrogen and oxygen atoms in total. The smallest absolute Gasteiger partial charge is 0.145 e. The number of rotatable bonds is 4. The highest BCUT2D eigenvalue weighted by atomic mass is 79.9. The van der Waals surface area contributed by atoms with Gasteiger partial charge < -0.3 is 5.32 Å². The summed E-state index contributed by atoms with van der Waals surface area (Å²) < 4.78 is 14.7. The SMILES string of the molecule is CCNCc1ccc(C)c(-c2cccc(Br)c2F)c1. The van der Waals surface area contributed by atoms with Gasteiger partial charge in [0.2, 0.25) is 0 Å². The maximum absolute atomic E-state index is 14.2. The van der Waals surface area contributed by atoms with E-state index in [0.29, 0.717) is 10.0 Å². The van der Waals surface area contributed by atoms with E-state index < -0.39 is 0 Å². The molecule has 0 unspecified atom stereocenters. The number of halogens is 2. The van der Waals surface area contributed by atoms with Crippen LogP contribution in [0.1, 0.15) is 18.1 Å². The summed E-state index contributed by atoms with van der Waals surface area (Å²) in [5, 5.41) is 3.29. The van der Waals surface area contributed by atoms with Gasteiger partial charge in [-0.3, -0.25) is 0 Å². The fourth-order valence-electron chi connectivity index (χ4n) is 2.05. The van der Waals surface area contributed by atoms with Crippen LogP contribution in [0.15, 0.2) is 40.9 Å². The molecule has 0 heterocycles. The van der Waals surface area contributed by atoms with E-state index in [2.05, 4.69) is 40.3 Å². The van der Waals surface area contributed by atoms with Gasteiger partial charge in [0.25, 0.3) is 0 Å². The molecule has 0 aliphatic carbocycles. The Morgan fingerprint density at radius 2 is 1.95 bits per heavy atom. The first-order valence-corrected chi connectivity index (χ1v) is 7.17. The Labute approximate surface area is 122 Å². The van der Waals surface area contributed by atoms with Crippen molar-refractivity contribution in [1.82, 2.24) is 5.32 Å². The lowest BCUT2D eigenvalue weighted by atomic mass is 9.97. The van der Waals surface area contributed by atoms with Crippen LogP contribution in [0.25, 0.3) is 11.1 Å². The lowest BCUT2D eigenvalue weighted by Gasteiger charge is -2.11. The van der Waals surface area contributed by atoms with Crippen molar-refractivity contribution in [2.45, 2.75) is 20.4 Å². The summed E-state index contributed by atoms with van der Waals surface area (Å²) >= 11 is 3.24. The van der Waals surface area contributed by atoms with Crippen LogP contribution in [0.3, 0.4) is 0 Å². The molecule has 0 aliphatic rings. The number of nitrogens with one attached hydrogen (secondary N) is 1. The summed E-state index contributed by atoms with van der Waals surface area (Å²) in [5.41, 5.74) is 3.85. The van der Waals surface area contributed by atoms with Gasteiger partial charge in [0, 0.05) is 12.1 Å². The molecule has 0 amide bonds. The highest BCUT2D eigenvalue weighted by Crippen LogP contribution is 2.30. The van der Waals surface area contributed by atoms with Gasteiger partial charge in [0.1, 0.15) is 5.82 Å². The Morgan fingerprint density at radius 1 is 1.16 bits per heavy atom. The van der Waals surface area contributed by atoms with Gasteiger partial charge in [0.15, 0.2) is 0 Å². The summed E-state index contributed by atoms with van der Waals surface area (Å²) in [6.07, 6.45) is 0. The number of hydrogen-bond donors (Lipinski definition) is 1. The van der Waals surface area contributed by atoms with E-state index in [1.54, 1.807) is 6.07 Å². The molecule has 0 fully saturated rings. The molecule has 19 heavy (non-hydrogen) atoms. The first-order valence-electron chi connectivity index (χ1n) is 6.38. The summed E-state index contributed by atoms with van der Waals surface area (Å²) in [6.45, 7) is 5.81. The fraction of sp³-hybridized carbons (Fsp3) is 0.250. The van der Waals surface area contributed by atoms with E-state index in [1.807, 2.05) is 25.1 Å². The Kier molecular flexibility index (Phi) is 4.72. The van der Waals surface area contributed by atoms with E-state index in [1.165, 1.54) is 5.56 Å². The fourth-order valence-corrected chi connectivity index (χ4v) is 2.42. The second kappa shape index (κ2) is 6.31. The Morgan fingerprint density at radius 3 is 2.68 bits per heavy atom. The van der Waals surface area contributed by atoms with Crippen molar-refractivity contribution in [3.05, 3.63) is 57.8 Å². The van der Waals surface area contributed by atoms with E-state index in [-0.39, 0.29) is 5.82 Å². The normalized spacial score (nSPS) is 10.7. The molecule has 100 valence electrons. The van der Waals surface area contributed by atoms with E-state index in [9.17, 15) is 4.39 Å². The highest BCUT2D eigenvalue weighted by molar-refractivity contribution is 9.10. The monoisotopic (exact) mass is 321 g/mol. The van der Waals surface area contributed by atoms with Crippen LogP contribution in [-0.4, -0.2) is 6.54 Å². The van der Waals surface area contributed by atoms with Crippen LogP contribution in [0, 0.1) is 12.7 Å². The largest absolute Gasteiger partial charge is 0.313 e. The van der Waals surface area contributed by atoms with Crippen molar-refractivity contribution in [2.24, 2.45) is 0 Å². The molecule has 0 saturated carbocycles. The third-order valence-electron chi connectivity index (χ3n) is 3.12. The molecule has 0 radical (unpaired) electrons. The maximum Gasteiger partial charge on any atom is 0.145 e. The molecule has 0 saturated heterocycles. The summed E-state index contributed by atoms with van der Waals surface area (Å²) in [4.78, 5) is 0. The molecule has 0 bridgehead atoms. The zero-order valence-electron chi connectivity index (χ0n) is 11.1. The summed E-state index contributed by atoms with van der Waals surface area (Å²) in [7, 11) is 0. The molecule has 2 aromatic carbocycles. The van der Waals surface area contributed by atoms with Crippen LogP contribution in [-0.2, 0) is 6.54 Å². The van der Waals surface area contributed by atoms with Crippen molar-refractivity contribution in [2.75, 3.05) is 6.54 Å². The molecule has 0 atom stereocenters. The van der Waals surface area contributed by atoms with Gasteiger partial charge in [-0.15, -0.1) is 0 Å². The van der Waals surface area contributed by atoms with Gasteiger partial charge in [0.05, 0.1) is 4.47 Å². The predicted octanol–water partition coefficient (Wildman–Crippen LogP) is 4.67. The van der Waals surface area contributed by atoms with Crippen molar-refractivity contribution in [1.29, 1.82) is 0 Å². The Hall–Kier alpha value is -1.19. The Balaban J connectivity index is 2.45. The summed E-state index contributed by atoms with van der Waals surface area (Å²) in [6, 6.07) is 11.6. The second-order valence-electron chi connectivity index (χ2n) is 4.53. The molecule has 2 aromatic rings. The van der Waals surface area contributed by atoms with E-state index in [4.69, 9.17) is 0 Å². The quantitative estimate of drug-likeness (QED) is 0.862. The van der Waals surface area contributed by atoms with E-state index >= 15 is 0 Å². The van der Waals surface area contributed by atoms with Crippen molar-refractivity contribution in [3.8, 4) is 11.1 Å². The van der Waals surface area contributed by atoms with Crippen molar-refractivity contribution in [3.63, 3.8) is 0 Å². The topological polar surface area (TPSA) is 12.0 Å². The van der Waals surface area contributed by atoms with Gasteiger partial charge in [-0.2, -0.15) is 0 Å². The average Bonchev–Trinajstić information content (AvgIpc) is 2.41. The molecule has 0 aromatic heterocycles. The standard InChI is InChI=1S/C16H17BrFN/c1-3-19-10-12-8-7-11(2)14(9-12)13-5-4-6-15(17)16(13)18/h4-9,19H,3,10H2,1-2H3. The molecule has 2 rings (SSSR count). The average molecular weight is 322 g/mol.